The van der Waals surface area contributed by atoms with E-state index < -0.39 is 37.0 Å². The fraction of sp³-hybridized carbons (Fsp3) is 0.364. The summed E-state index contributed by atoms with van der Waals surface area (Å²) in [6, 6.07) is 2.91. The third-order valence-corrected chi connectivity index (χ3v) is 4.88. The predicted molar refractivity (Wildman–Crippen MR) is 74.8 cm³/mol. The Kier molecular flexibility index (Phi) is 4.92. The first kappa shape index (κ1) is 17.3. The molecule has 8 nitrogen and oxygen atoms in total. The summed E-state index contributed by atoms with van der Waals surface area (Å²) < 4.78 is 26.3. The van der Waals surface area contributed by atoms with Crippen molar-refractivity contribution in [3.8, 4) is 0 Å². The Bertz CT molecular complexity index is 690. The number of nitrogens with zero attached hydrogens (tertiary/aromatic N) is 1. The molecule has 0 amide bonds. The number of hydrogen-bond acceptors (Lipinski definition) is 5. The molecule has 21 heavy (non-hydrogen) atoms. The lowest BCUT2D eigenvalue weighted by Gasteiger charge is -2.24. The van der Waals surface area contributed by atoms with E-state index in [-0.39, 0.29) is 11.4 Å². The number of nitrogens with one attached hydrogen (secondary N) is 1. The molecule has 1 rings (SSSR count). The fourth-order valence-electron chi connectivity index (χ4n) is 1.42. The predicted octanol–water partition coefficient (Wildman–Crippen LogP) is 1.78. The van der Waals surface area contributed by atoms with Crippen molar-refractivity contribution in [2.75, 3.05) is 0 Å². The molecule has 0 aliphatic heterocycles. The van der Waals surface area contributed by atoms with Gasteiger partial charge in [0.25, 0.3) is 5.69 Å². The van der Waals surface area contributed by atoms with E-state index in [2.05, 4.69) is 0 Å². The van der Waals surface area contributed by atoms with Crippen molar-refractivity contribution in [1.82, 2.24) is 4.72 Å². The summed E-state index contributed by atoms with van der Waals surface area (Å²) in [5, 5.41) is 19.6. The Balaban J connectivity index is 3.29. The first-order valence-electron chi connectivity index (χ1n) is 5.75. The fourth-order valence-corrected chi connectivity index (χ4v) is 3.07. The molecule has 0 aromatic heterocycles. The molecule has 1 aromatic rings. The molecule has 10 heteroatoms. The van der Waals surface area contributed by atoms with Crippen LogP contribution in [0.25, 0.3) is 0 Å². The Morgan fingerprint density at radius 3 is 2.52 bits per heavy atom. The number of rotatable bonds is 6. The van der Waals surface area contributed by atoms with E-state index in [0.29, 0.717) is 0 Å². The van der Waals surface area contributed by atoms with Gasteiger partial charge in [0.05, 0.1) is 9.82 Å². The number of nitro groups is 1. The van der Waals surface area contributed by atoms with Gasteiger partial charge in [0, 0.05) is 6.07 Å². The highest BCUT2D eigenvalue weighted by molar-refractivity contribution is 7.89. The van der Waals surface area contributed by atoms with Crippen molar-refractivity contribution >= 4 is 33.3 Å². The number of carbonyl (C=O) groups is 1. The largest absolute Gasteiger partial charge is 0.480 e. The second kappa shape index (κ2) is 5.96. The van der Waals surface area contributed by atoms with E-state index in [9.17, 15) is 23.3 Å². The Morgan fingerprint density at radius 1 is 1.52 bits per heavy atom. The average Bonchev–Trinajstić information content (AvgIpc) is 2.37. The van der Waals surface area contributed by atoms with Crippen LogP contribution < -0.4 is 4.72 Å². The molecule has 2 N–H and O–H groups in total. The average molecular weight is 337 g/mol. The van der Waals surface area contributed by atoms with Gasteiger partial charge in [-0.25, -0.2) is 8.42 Å². The van der Waals surface area contributed by atoms with Gasteiger partial charge in [-0.3, -0.25) is 14.9 Å². The van der Waals surface area contributed by atoms with Gasteiger partial charge in [-0.05, 0) is 25.5 Å². The van der Waals surface area contributed by atoms with E-state index in [4.69, 9.17) is 16.7 Å². The van der Waals surface area contributed by atoms with Crippen LogP contribution in [-0.4, -0.2) is 30.0 Å². The van der Waals surface area contributed by atoms with Gasteiger partial charge >= 0.3 is 5.97 Å². The molecular weight excluding hydrogens is 324 g/mol. The van der Waals surface area contributed by atoms with Gasteiger partial charge in [-0.15, -0.1) is 0 Å². The van der Waals surface area contributed by atoms with Gasteiger partial charge in [0.1, 0.15) is 10.6 Å². The minimum atomic E-state index is -4.24. The maximum absolute atomic E-state index is 12.2. The Morgan fingerprint density at radius 2 is 2.10 bits per heavy atom. The Labute approximate surface area is 125 Å². The number of hydrogen-bond donors (Lipinski definition) is 2. The lowest BCUT2D eigenvalue weighted by molar-refractivity contribution is -0.384. The van der Waals surface area contributed by atoms with Crippen LogP contribution in [0.4, 0.5) is 5.69 Å². The number of aliphatic carboxylic acids is 1. The molecule has 0 radical (unpaired) electrons. The number of carboxylic acid groups (broad SMARTS) is 1. The monoisotopic (exact) mass is 336 g/mol. The van der Waals surface area contributed by atoms with Crippen LogP contribution in [0.3, 0.4) is 0 Å². The summed E-state index contributed by atoms with van der Waals surface area (Å²) in [6.45, 7) is 2.71. The van der Waals surface area contributed by atoms with Crippen molar-refractivity contribution in [3.63, 3.8) is 0 Å². The minimum absolute atomic E-state index is 0.00273. The zero-order valence-corrected chi connectivity index (χ0v) is 12.7. The van der Waals surface area contributed by atoms with Crippen LogP contribution >= 0.6 is 11.6 Å². The van der Waals surface area contributed by atoms with E-state index in [1.165, 1.54) is 13.8 Å². The molecule has 1 aromatic carbocycles. The maximum atomic E-state index is 12.2. The van der Waals surface area contributed by atoms with E-state index >= 15 is 0 Å². The molecule has 0 bridgehead atoms. The highest BCUT2D eigenvalue weighted by Crippen LogP contribution is 2.27. The van der Waals surface area contributed by atoms with Crippen LogP contribution in [0.5, 0.6) is 0 Å². The summed E-state index contributed by atoms with van der Waals surface area (Å²) in [7, 11) is -4.24. The summed E-state index contributed by atoms with van der Waals surface area (Å²) in [4.78, 5) is 20.6. The first-order valence-corrected chi connectivity index (χ1v) is 7.61. The molecule has 0 saturated heterocycles. The van der Waals surface area contributed by atoms with Crippen LogP contribution in [0.15, 0.2) is 23.1 Å². The second-order valence-corrected chi connectivity index (χ2v) is 6.56. The SMILES string of the molecule is CCC(C)(NS(=O)(=O)c1ccc(Cl)c([N+](=O)[O-])c1)C(=O)O. The normalized spacial score (nSPS) is 14.4. The van der Waals surface area contributed by atoms with E-state index in [0.717, 1.165) is 18.2 Å². The van der Waals surface area contributed by atoms with E-state index in [1.54, 1.807) is 0 Å². The number of halogens is 1. The molecule has 1 unspecified atom stereocenters. The highest BCUT2D eigenvalue weighted by atomic mass is 35.5. The molecule has 0 saturated carbocycles. The van der Waals surface area contributed by atoms with Gasteiger partial charge in [0.15, 0.2) is 0 Å². The van der Waals surface area contributed by atoms with Crippen molar-refractivity contribution in [1.29, 1.82) is 0 Å². The summed E-state index contributed by atoms with van der Waals surface area (Å²) in [5.74, 6) is -1.35. The quantitative estimate of drug-likeness (QED) is 0.602. The zero-order chi connectivity index (χ0) is 16.4. The highest BCUT2D eigenvalue weighted by Gasteiger charge is 2.36. The van der Waals surface area contributed by atoms with Gasteiger partial charge in [0.2, 0.25) is 10.0 Å². The third-order valence-electron chi connectivity index (χ3n) is 2.96. The molecule has 0 spiro atoms. The van der Waals surface area contributed by atoms with Crippen molar-refractivity contribution in [2.45, 2.75) is 30.7 Å². The lowest BCUT2D eigenvalue weighted by Crippen LogP contribution is -2.51. The van der Waals surface area contributed by atoms with Gasteiger partial charge < -0.3 is 5.11 Å². The number of nitro benzene ring substituents is 1. The molecular formula is C11H13ClN2O6S. The summed E-state index contributed by atoms with van der Waals surface area (Å²) >= 11 is 5.60. The molecule has 1 atom stereocenters. The number of carboxylic acids is 1. The van der Waals surface area contributed by atoms with E-state index in [1.807, 2.05) is 4.72 Å². The first-order chi connectivity index (χ1) is 9.53. The molecule has 116 valence electrons. The third kappa shape index (κ3) is 3.69. The van der Waals surface area contributed by atoms with Crippen molar-refractivity contribution in [2.24, 2.45) is 0 Å². The standard InChI is InChI=1S/C11H13ClN2O6S/c1-3-11(2,10(15)16)13-21(19,20)7-4-5-8(12)9(6-7)14(17)18/h4-6,13H,3H2,1-2H3,(H,15,16). The topological polar surface area (TPSA) is 127 Å². The van der Waals surface area contributed by atoms with Crippen LogP contribution in [-0.2, 0) is 14.8 Å². The zero-order valence-electron chi connectivity index (χ0n) is 11.2. The van der Waals surface area contributed by atoms with Crippen molar-refractivity contribution in [3.05, 3.63) is 33.3 Å². The lowest BCUT2D eigenvalue weighted by atomic mass is 10.0. The molecule has 0 aliphatic rings. The second-order valence-electron chi connectivity index (χ2n) is 4.47. The maximum Gasteiger partial charge on any atom is 0.324 e. The smallest absolute Gasteiger partial charge is 0.324 e. The van der Waals surface area contributed by atoms with Crippen molar-refractivity contribution < 1.29 is 23.2 Å². The Hall–Kier alpha value is -1.71. The minimum Gasteiger partial charge on any atom is -0.480 e. The molecule has 0 heterocycles. The van der Waals surface area contributed by atoms with Crippen LogP contribution in [0.2, 0.25) is 5.02 Å². The van der Waals surface area contributed by atoms with Crippen LogP contribution in [0.1, 0.15) is 20.3 Å². The van der Waals surface area contributed by atoms with Crippen LogP contribution in [0, 0.1) is 10.1 Å². The number of benzene rings is 1. The van der Waals surface area contributed by atoms with Gasteiger partial charge in [-0.1, -0.05) is 18.5 Å². The summed E-state index contributed by atoms with van der Waals surface area (Å²) in [5.41, 5.74) is -2.29. The summed E-state index contributed by atoms with van der Waals surface area (Å²) in [6.07, 6.45) is -0.00273. The van der Waals surface area contributed by atoms with Gasteiger partial charge in [-0.2, -0.15) is 4.72 Å². The molecule has 0 aliphatic carbocycles. The number of sulfonamides is 1. The molecule has 0 fully saturated rings.